The Bertz CT molecular complexity index is 475. The molecule has 0 N–H and O–H groups in total. The van der Waals surface area contributed by atoms with E-state index in [1.807, 2.05) is 0 Å². The molecule has 0 heterocycles. The summed E-state index contributed by atoms with van der Waals surface area (Å²) in [6, 6.07) is 2.64. The van der Waals surface area contributed by atoms with Crippen molar-refractivity contribution in [1.82, 2.24) is 0 Å². The van der Waals surface area contributed by atoms with Gasteiger partial charge in [0.25, 0.3) is 0 Å². The highest BCUT2D eigenvalue weighted by molar-refractivity contribution is 5.00. The summed E-state index contributed by atoms with van der Waals surface area (Å²) >= 11 is 0. The Morgan fingerprint density at radius 2 is 1.32 bits per heavy atom. The number of rotatable bonds is 8. The second kappa shape index (κ2) is 11.0. The molecule has 2 atom stereocenters. The number of nitrogens with zero attached hydrogens (tertiary/aromatic N) is 1. The van der Waals surface area contributed by atoms with Gasteiger partial charge in [0.1, 0.15) is 0 Å². The highest BCUT2D eigenvalue weighted by Gasteiger charge is 2.38. The van der Waals surface area contributed by atoms with Crippen molar-refractivity contribution < 1.29 is 0 Å². The zero-order valence-corrected chi connectivity index (χ0v) is 19.1. The second-order valence-electron chi connectivity index (χ2n) is 11.2. The van der Waals surface area contributed by atoms with Crippen LogP contribution in [0.3, 0.4) is 0 Å². The minimum Gasteiger partial charge on any atom is -0.198 e. The van der Waals surface area contributed by atoms with E-state index >= 15 is 0 Å². The molecule has 3 fully saturated rings. The zero-order valence-electron chi connectivity index (χ0n) is 19.1. The third kappa shape index (κ3) is 6.24. The van der Waals surface area contributed by atoms with Crippen LogP contribution in [0, 0.1) is 46.3 Å². The summed E-state index contributed by atoms with van der Waals surface area (Å²) in [5.74, 6) is 4.92. The van der Waals surface area contributed by atoms with Crippen LogP contribution in [0.25, 0.3) is 0 Å². The second-order valence-corrected chi connectivity index (χ2v) is 11.2. The van der Waals surface area contributed by atoms with Gasteiger partial charge in [-0.3, -0.25) is 0 Å². The summed E-state index contributed by atoms with van der Waals surface area (Å²) in [6.45, 7) is 4.53. The largest absolute Gasteiger partial charge is 0.198 e. The Kier molecular flexibility index (Phi) is 8.74. The normalized spacial score (nSPS) is 39.4. The average Bonchev–Trinajstić information content (AvgIpc) is 2.74. The van der Waals surface area contributed by atoms with Gasteiger partial charge < -0.3 is 0 Å². The van der Waals surface area contributed by atoms with E-state index < -0.39 is 0 Å². The lowest BCUT2D eigenvalue weighted by Gasteiger charge is -2.42. The first-order valence-electron chi connectivity index (χ1n) is 13.0. The Balaban J connectivity index is 1.33. The number of hydrogen-bond donors (Lipinski definition) is 0. The van der Waals surface area contributed by atoms with Gasteiger partial charge >= 0.3 is 0 Å². The van der Waals surface area contributed by atoms with Gasteiger partial charge in [-0.25, -0.2) is 0 Å². The molecule has 1 heteroatoms. The van der Waals surface area contributed by atoms with E-state index in [1.54, 1.807) is 0 Å². The molecule has 3 saturated carbocycles. The molecule has 0 unspecified atom stereocenters. The molecular weight excluding hydrogens is 338 g/mol. The lowest BCUT2D eigenvalue weighted by atomic mass is 9.62. The molecule has 0 spiro atoms. The Labute approximate surface area is 176 Å². The van der Waals surface area contributed by atoms with Crippen LogP contribution in [0.15, 0.2) is 0 Å². The third-order valence-electron chi connectivity index (χ3n) is 9.04. The maximum Gasteiger partial charge on any atom is 0.0686 e. The van der Waals surface area contributed by atoms with Gasteiger partial charge in [-0.05, 0) is 87.9 Å². The average molecular weight is 386 g/mol. The van der Waals surface area contributed by atoms with E-state index in [9.17, 15) is 5.26 Å². The molecule has 3 aliphatic carbocycles. The third-order valence-corrected chi connectivity index (χ3v) is 9.04. The van der Waals surface area contributed by atoms with Crippen LogP contribution in [-0.2, 0) is 0 Å². The minimum atomic E-state index is -0.0192. The molecule has 1 nitrogen and oxygen atoms in total. The van der Waals surface area contributed by atoms with Gasteiger partial charge in [0, 0.05) is 0 Å². The van der Waals surface area contributed by atoms with Gasteiger partial charge in [0.05, 0.1) is 11.5 Å². The topological polar surface area (TPSA) is 23.8 Å². The summed E-state index contributed by atoms with van der Waals surface area (Å²) in [6.07, 6.45) is 25.8. The van der Waals surface area contributed by atoms with Gasteiger partial charge in [0.15, 0.2) is 0 Å². The summed E-state index contributed by atoms with van der Waals surface area (Å²) in [5, 5.41) is 9.54. The Morgan fingerprint density at radius 1 is 0.750 bits per heavy atom. The first-order valence-corrected chi connectivity index (χ1v) is 13.0. The molecule has 0 radical (unpaired) electrons. The van der Waals surface area contributed by atoms with Crippen LogP contribution in [-0.4, -0.2) is 0 Å². The van der Waals surface area contributed by atoms with Crippen molar-refractivity contribution in [2.45, 2.75) is 129 Å². The zero-order chi connectivity index (χ0) is 19.8. The quantitative estimate of drug-likeness (QED) is 0.383. The van der Waals surface area contributed by atoms with Crippen molar-refractivity contribution in [3.63, 3.8) is 0 Å². The fourth-order valence-corrected chi connectivity index (χ4v) is 7.11. The van der Waals surface area contributed by atoms with Crippen molar-refractivity contribution in [3.05, 3.63) is 0 Å². The fourth-order valence-electron chi connectivity index (χ4n) is 7.11. The fraction of sp³-hybridized carbons (Fsp3) is 0.963. The predicted molar refractivity (Wildman–Crippen MR) is 120 cm³/mol. The molecule has 3 rings (SSSR count). The van der Waals surface area contributed by atoms with E-state index in [0.717, 1.165) is 36.0 Å². The molecule has 0 bridgehead atoms. The molecule has 0 aromatic carbocycles. The van der Waals surface area contributed by atoms with Crippen molar-refractivity contribution in [1.29, 1.82) is 5.26 Å². The van der Waals surface area contributed by atoms with E-state index in [2.05, 4.69) is 19.9 Å². The van der Waals surface area contributed by atoms with Crippen molar-refractivity contribution in [2.24, 2.45) is 35.0 Å². The Morgan fingerprint density at radius 3 is 1.93 bits per heavy atom. The smallest absolute Gasteiger partial charge is 0.0686 e. The van der Waals surface area contributed by atoms with Gasteiger partial charge in [-0.15, -0.1) is 0 Å². The molecular formula is C27H47N. The van der Waals surface area contributed by atoms with Crippen molar-refractivity contribution in [3.8, 4) is 6.07 Å². The maximum absolute atomic E-state index is 9.54. The SMILES string of the molecule is CCCCCCC[C@H]1CC[C@H](C2CCC([C@H]3CCC[C@@](C)(C#N)C3)CC2)CC1. The lowest BCUT2D eigenvalue weighted by molar-refractivity contribution is 0.0899. The van der Waals surface area contributed by atoms with Crippen molar-refractivity contribution >= 4 is 0 Å². The van der Waals surface area contributed by atoms with Crippen LogP contribution in [0.4, 0.5) is 0 Å². The standard InChI is InChI=1S/C27H47N/c1-3-4-5-6-7-9-22-11-13-23(14-12-22)24-15-17-25(18-16-24)26-10-8-19-27(2,20-26)21-28/h22-26H,3-20H2,1-2H3/t22-,23-,24?,25?,26-,27+/m0/s1. The Hall–Kier alpha value is -0.510. The molecule has 0 amide bonds. The van der Waals surface area contributed by atoms with Crippen LogP contribution in [0.5, 0.6) is 0 Å². The molecule has 3 aliphatic rings. The van der Waals surface area contributed by atoms with Gasteiger partial charge in [0.2, 0.25) is 0 Å². The van der Waals surface area contributed by atoms with E-state index in [4.69, 9.17) is 0 Å². The first-order chi connectivity index (χ1) is 13.6. The monoisotopic (exact) mass is 385 g/mol. The predicted octanol–water partition coefficient (Wildman–Crippen LogP) is 8.68. The van der Waals surface area contributed by atoms with Gasteiger partial charge in [-0.2, -0.15) is 5.26 Å². The van der Waals surface area contributed by atoms with Crippen LogP contribution in [0.2, 0.25) is 0 Å². The lowest BCUT2D eigenvalue weighted by Crippen LogP contribution is -2.32. The van der Waals surface area contributed by atoms with Crippen molar-refractivity contribution in [2.75, 3.05) is 0 Å². The summed E-state index contributed by atoms with van der Waals surface area (Å²) in [4.78, 5) is 0. The highest BCUT2D eigenvalue weighted by Crippen LogP contribution is 2.48. The molecule has 0 aromatic rings. The summed E-state index contributed by atoms with van der Waals surface area (Å²) in [5.41, 5.74) is -0.0192. The molecule has 160 valence electrons. The van der Waals surface area contributed by atoms with Crippen LogP contribution < -0.4 is 0 Å². The molecule has 0 saturated heterocycles. The first kappa shape index (κ1) is 22.2. The number of unbranched alkanes of at least 4 members (excludes halogenated alkanes) is 4. The van der Waals surface area contributed by atoms with Crippen LogP contribution in [0.1, 0.15) is 129 Å². The van der Waals surface area contributed by atoms with Gasteiger partial charge in [-0.1, -0.05) is 71.1 Å². The molecule has 0 aliphatic heterocycles. The van der Waals surface area contributed by atoms with E-state index in [0.29, 0.717) is 0 Å². The van der Waals surface area contributed by atoms with Crippen LogP contribution >= 0.6 is 0 Å². The highest BCUT2D eigenvalue weighted by atomic mass is 14.4. The molecule has 0 aromatic heterocycles. The molecule has 28 heavy (non-hydrogen) atoms. The number of hydrogen-bond acceptors (Lipinski definition) is 1. The number of nitriles is 1. The summed E-state index contributed by atoms with van der Waals surface area (Å²) < 4.78 is 0. The summed E-state index contributed by atoms with van der Waals surface area (Å²) in [7, 11) is 0. The van der Waals surface area contributed by atoms with E-state index in [1.165, 1.54) is 109 Å². The maximum atomic E-state index is 9.54. The minimum absolute atomic E-state index is 0.0192. The van der Waals surface area contributed by atoms with E-state index in [-0.39, 0.29) is 5.41 Å².